The average Bonchev–Trinajstić information content (AvgIpc) is 2.62. The van der Waals surface area contributed by atoms with Gasteiger partial charge >= 0.3 is 0 Å². The maximum Gasteiger partial charge on any atom is 0.253 e. The van der Waals surface area contributed by atoms with E-state index in [1.54, 1.807) is 30.5 Å². The summed E-state index contributed by atoms with van der Waals surface area (Å²) in [6.45, 7) is 3.50. The second kappa shape index (κ2) is 7.14. The lowest BCUT2D eigenvalue weighted by atomic mass is 10.0. The number of nitrogens with one attached hydrogen (secondary N) is 1. The first-order valence-corrected chi connectivity index (χ1v) is 8.14. The molecule has 5 heteroatoms. The normalized spacial score (nSPS) is 14.9. The van der Waals surface area contributed by atoms with E-state index in [0.717, 1.165) is 31.7 Å². The molecule has 24 heavy (non-hydrogen) atoms. The summed E-state index contributed by atoms with van der Waals surface area (Å²) in [6.07, 6.45) is 3.61. The lowest BCUT2D eigenvalue weighted by Gasteiger charge is -2.32. The minimum Gasteiger partial charge on any atom is -0.367 e. The van der Waals surface area contributed by atoms with Crippen molar-refractivity contribution in [2.45, 2.75) is 25.8 Å². The van der Waals surface area contributed by atoms with Gasteiger partial charge in [0.25, 0.3) is 5.91 Å². The topological polar surface area (TPSA) is 69.0 Å². The Balaban J connectivity index is 1.56. The number of aromatic nitrogens is 1. The number of nitrogens with zero attached hydrogens (tertiary/aromatic N) is 3. The van der Waals surface area contributed by atoms with Gasteiger partial charge in [0.15, 0.2) is 0 Å². The number of nitriles is 1. The number of hydrogen-bond acceptors (Lipinski definition) is 4. The molecule has 0 atom stereocenters. The van der Waals surface area contributed by atoms with E-state index >= 15 is 0 Å². The highest BCUT2D eigenvalue weighted by molar-refractivity contribution is 5.94. The fraction of sp³-hybridized carbons (Fsp3) is 0.316. The van der Waals surface area contributed by atoms with Crippen molar-refractivity contribution in [3.05, 3.63) is 59.3 Å². The molecule has 122 valence electrons. The van der Waals surface area contributed by atoms with E-state index in [1.165, 1.54) is 5.56 Å². The van der Waals surface area contributed by atoms with Crippen molar-refractivity contribution < 1.29 is 4.79 Å². The Bertz CT molecular complexity index is 756. The molecule has 0 spiro atoms. The van der Waals surface area contributed by atoms with E-state index in [2.05, 4.69) is 16.4 Å². The number of piperidine rings is 1. The molecule has 2 aromatic rings. The van der Waals surface area contributed by atoms with Crippen LogP contribution in [0.1, 0.15) is 34.3 Å². The molecule has 1 aliphatic heterocycles. The molecule has 0 aliphatic carbocycles. The van der Waals surface area contributed by atoms with E-state index in [9.17, 15) is 4.79 Å². The molecule has 1 aromatic carbocycles. The average molecular weight is 320 g/mol. The zero-order valence-corrected chi connectivity index (χ0v) is 13.7. The van der Waals surface area contributed by atoms with Crippen LogP contribution in [0.25, 0.3) is 0 Å². The smallest absolute Gasteiger partial charge is 0.253 e. The van der Waals surface area contributed by atoms with Crippen LogP contribution in [0, 0.1) is 18.3 Å². The van der Waals surface area contributed by atoms with E-state index in [0.29, 0.717) is 17.2 Å². The first kappa shape index (κ1) is 16.0. The van der Waals surface area contributed by atoms with Gasteiger partial charge in [-0.05, 0) is 61.7 Å². The lowest BCUT2D eigenvalue weighted by Crippen LogP contribution is -2.42. The van der Waals surface area contributed by atoms with E-state index in [-0.39, 0.29) is 5.91 Å². The minimum atomic E-state index is 0.0339. The van der Waals surface area contributed by atoms with Crippen LogP contribution in [0.2, 0.25) is 0 Å². The monoisotopic (exact) mass is 320 g/mol. The standard InChI is InChI=1S/C19H20N4O/c1-14-6-9-21-18(12-14)22-17-7-10-23(11-8-17)19(24)16-4-2-15(13-20)3-5-16/h2-6,9,12,17H,7-8,10-11H2,1H3,(H,21,22). The highest BCUT2D eigenvalue weighted by Gasteiger charge is 2.23. The molecule has 1 fully saturated rings. The summed E-state index contributed by atoms with van der Waals surface area (Å²) >= 11 is 0. The maximum atomic E-state index is 12.5. The fourth-order valence-corrected chi connectivity index (χ4v) is 2.92. The lowest BCUT2D eigenvalue weighted by molar-refractivity contribution is 0.0718. The molecular weight excluding hydrogens is 300 g/mol. The molecule has 1 saturated heterocycles. The van der Waals surface area contributed by atoms with E-state index in [4.69, 9.17) is 5.26 Å². The number of likely N-dealkylation sites (tertiary alicyclic amines) is 1. The van der Waals surface area contributed by atoms with Crippen molar-refractivity contribution in [1.82, 2.24) is 9.88 Å². The van der Waals surface area contributed by atoms with Crippen LogP contribution in [-0.2, 0) is 0 Å². The van der Waals surface area contributed by atoms with Crippen molar-refractivity contribution in [2.24, 2.45) is 0 Å². The van der Waals surface area contributed by atoms with Crippen LogP contribution in [0.15, 0.2) is 42.6 Å². The zero-order chi connectivity index (χ0) is 16.9. The molecule has 1 amide bonds. The van der Waals surface area contributed by atoms with Gasteiger partial charge < -0.3 is 10.2 Å². The van der Waals surface area contributed by atoms with Gasteiger partial charge in [0.2, 0.25) is 0 Å². The van der Waals surface area contributed by atoms with E-state index < -0.39 is 0 Å². The van der Waals surface area contributed by atoms with Gasteiger partial charge in [-0.1, -0.05) is 0 Å². The molecule has 3 rings (SSSR count). The summed E-state index contributed by atoms with van der Waals surface area (Å²) < 4.78 is 0. The maximum absolute atomic E-state index is 12.5. The van der Waals surface area contributed by atoms with E-state index in [1.807, 2.05) is 24.0 Å². The summed E-state index contributed by atoms with van der Waals surface area (Å²) in [5.74, 6) is 0.929. The number of carbonyl (C=O) groups is 1. The van der Waals surface area contributed by atoms with Crippen LogP contribution in [0.4, 0.5) is 5.82 Å². The molecule has 1 aliphatic rings. The van der Waals surface area contributed by atoms with Crippen molar-refractivity contribution in [2.75, 3.05) is 18.4 Å². The first-order valence-electron chi connectivity index (χ1n) is 8.14. The van der Waals surface area contributed by atoms with Crippen LogP contribution in [0.5, 0.6) is 0 Å². The quantitative estimate of drug-likeness (QED) is 0.944. The Hall–Kier alpha value is -2.87. The zero-order valence-electron chi connectivity index (χ0n) is 13.7. The summed E-state index contributed by atoms with van der Waals surface area (Å²) in [4.78, 5) is 18.7. The highest BCUT2D eigenvalue weighted by Crippen LogP contribution is 2.18. The van der Waals surface area contributed by atoms with Gasteiger partial charge in [0.1, 0.15) is 5.82 Å². The third-order valence-corrected chi connectivity index (χ3v) is 4.31. The Morgan fingerprint density at radius 2 is 1.96 bits per heavy atom. The molecular formula is C19H20N4O. The third kappa shape index (κ3) is 3.72. The predicted octanol–water partition coefficient (Wildman–Crippen LogP) is 2.98. The second-order valence-corrected chi connectivity index (χ2v) is 6.12. The van der Waals surface area contributed by atoms with Crippen LogP contribution >= 0.6 is 0 Å². The number of carbonyl (C=O) groups excluding carboxylic acids is 1. The molecule has 1 N–H and O–H groups in total. The minimum absolute atomic E-state index is 0.0339. The molecule has 0 unspecified atom stereocenters. The number of aryl methyl sites for hydroxylation is 1. The summed E-state index contributed by atoms with van der Waals surface area (Å²) in [5, 5.41) is 12.3. The third-order valence-electron chi connectivity index (χ3n) is 4.31. The number of pyridine rings is 1. The van der Waals surface area contributed by atoms with Gasteiger partial charge in [-0.25, -0.2) is 4.98 Å². The van der Waals surface area contributed by atoms with Gasteiger partial charge in [0.05, 0.1) is 11.6 Å². The number of rotatable bonds is 3. The second-order valence-electron chi connectivity index (χ2n) is 6.12. The summed E-state index contributed by atoms with van der Waals surface area (Å²) in [6, 6.07) is 13.2. The largest absolute Gasteiger partial charge is 0.367 e. The number of benzene rings is 1. The molecule has 2 heterocycles. The fourth-order valence-electron chi connectivity index (χ4n) is 2.92. The Morgan fingerprint density at radius 1 is 1.25 bits per heavy atom. The SMILES string of the molecule is Cc1ccnc(NC2CCN(C(=O)c3ccc(C#N)cc3)CC2)c1. The molecule has 1 aromatic heterocycles. The van der Waals surface area contributed by atoms with Crippen molar-refractivity contribution in [3.63, 3.8) is 0 Å². The van der Waals surface area contributed by atoms with Gasteiger partial charge in [-0.15, -0.1) is 0 Å². The first-order chi connectivity index (χ1) is 11.7. The summed E-state index contributed by atoms with van der Waals surface area (Å²) in [7, 11) is 0. The molecule has 0 radical (unpaired) electrons. The van der Waals surface area contributed by atoms with Crippen molar-refractivity contribution >= 4 is 11.7 Å². The van der Waals surface area contributed by atoms with Gasteiger partial charge in [-0.3, -0.25) is 4.79 Å². The van der Waals surface area contributed by atoms with Gasteiger partial charge in [0, 0.05) is 30.9 Å². The van der Waals surface area contributed by atoms with Crippen LogP contribution < -0.4 is 5.32 Å². The molecule has 0 bridgehead atoms. The van der Waals surface area contributed by atoms with Crippen molar-refractivity contribution in [3.8, 4) is 6.07 Å². The number of anilines is 1. The molecule has 5 nitrogen and oxygen atoms in total. The van der Waals surface area contributed by atoms with Gasteiger partial charge in [-0.2, -0.15) is 5.26 Å². The Kier molecular flexibility index (Phi) is 4.76. The van der Waals surface area contributed by atoms with Crippen molar-refractivity contribution in [1.29, 1.82) is 5.26 Å². The predicted molar refractivity (Wildman–Crippen MR) is 92.7 cm³/mol. The number of amides is 1. The Labute approximate surface area is 141 Å². The summed E-state index contributed by atoms with van der Waals surface area (Å²) in [5.41, 5.74) is 2.39. The van der Waals surface area contributed by atoms with Crippen LogP contribution in [-0.4, -0.2) is 34.9 Å². The highest BCUT2D eigenvalue weighted by atomic mass is 16.2. The Morgan fingerprint density at radius 3 is 2.58 bits per heavy atom. The molecule has 0 saturated carbocycles. The number of hydrogen-bond donors (Lipinski definition) is 1. The van der Waals surface area contributed by atoms with Crippen LogP contribution in [0.3, 0.4) is 0 Å².